The van der Waals surface area contributed by atoms with Gasteiger partial charge in [0.25, 0.3) is 0 Å². The van der Waals surface area contributed by atoms with E-state index >= 15 is 0 Å². The van der Waals surface area contributed by atoms with E-state index in [9.17, 15) is 4.79 Å². The molecule has 1 aromatic carbocycles. The van der Waals surface area contributed by atoms with E-state index in [0.29, 0.717) is 13.0 Å². The molecule has 3 rings (SSSR count). The Morgan fingerprint density at radius 2 is 2.28 bits per heavy atom. The van der Waals surface area contributed by atoms with Crippen LogP contribution in [-0.4, -0.2) is 10.9 Å². The number of nitrogens with two attached hydrogens (primary N) is 1. The lowest BCUT2D eigenvalue weighted by Crippen LogP contribution is -2.34. The molecule has 18 heavy (non-hydrogen) atoms. The molecule has 2 aromatic rings. The van der Waals surface area contributed by atoms with Crippen LogP contribution in [0.3, 0.4) is 0 Å². The second-order valence-corrected chi connectivity index (χ2v) is 5.31. The Balaban J connectivity index is 1.96. The molecule has 0 radical (unpaired) electrons. The summed E-state index contributed by atoms with van der Waals surface area (Å²) in [6.45, 7) is 0.598. The largest absolute Gasteiger partial charge is 0.399 e. The van der Waals surface area contributed by atoms with Crippen LogP contribution in [0.25, 0.3) is 0 Å². The minimum atomic E-state index is 0.167. The van der Waals surface area contributed by atoms with Gasteiger partial charge in [-0.3, -0.25) is 9.78 Å². The van der Waals surface area contributed by atoms with E-state index < -0.39 is 0 Å². The molecular formula is C13H13N3OS. The molecule has 0 aliphatic carbocycles. The number of nitrogens with zero attached hydrogens (tertiary/aromatic N) is 2. The Hall–Kier alpha value is -1.88. The number of anilines is 2. The number of amides is 1. The van der Waals surface area contributed by atoms with Crippen molar-refractivity contribution in [2.45, 2.75) is 19.4 Å². The van der Waals surface area contributed by atoms with Crippen molar-refractivity contribution in [3.8, 4) is 0 Å². The lowest BCUT2D eigenvalue weighted by atomic mass is 10.0. The van der Waals surface area contributed by atoms with E-state index in [1.165, 1.54) is 0 Å². The topological polar surface area (TPSA) is 59.2 Å². The van der Waals surface area contributed by atoms with E-state index in [1.54, 1.807) is 16.8 Å². The summed E-state index contributed by atoms with van der Waals surface area (Å²) in [6, 6.07) is 5.74. The molecule has 1 aliphatic heterocycles. The van der Waals surface area contributed by atoms with E-state index in [0.717, 1.165) is 28.2 Å². The summed E-state index contributed by atoms with van der Waals surface area (Å²) in [5, 5.41) is 0. The number of hydrogen-bond donors (Lipinski definition) is 1. The number of aromatic nitrogens is 1. The molecule has 4 nitrogen and oxygen atoms in total. The Kier molecular flexibility index (Phi) is 2.76. The molecule has 1 aliphatic rings. The zero-order chi connectivity index (χ0) is 12.5. The number of fused-ring (bicyclic) bond motifs is 1. The maximum atomic E-state index is 12.0. The van der Waals surface area contributed by atoms with Crippen molar-refractivity contribution in [3.05, 3.63) is 40.3 Å². The highest BCUT2D eigenvalue weighted by Crippen LogP contribution is 2.31. The molecule has 1 amide bonds. The highest BCUT2D eigenvalue weighted by Gasteiger charge is 2.24. The van der Waals surface area contributed by atoms with Crippen molar-refractivity contribution in [1.29, 1.82) is 0 Å². The lowest BCUT2D eigenvalue weighted by molar-refractivity contribution is -0.119. The van der Waals surface area contributed by atoms with Crippen LogP contribution in [0.2, 0.25) is 0 Å². The van der Waals surface area contributed by atoms with Crippen molar-refractivity contribution < 1.29 is 4.79 Å². The number of nitrogen functional groups attached to an aromatic ring is 1. The fourth-order valence-electron chi connectivity index (χ4n) is 2.23. The van der Waals surface area contributed by atoms with Crippen LogP contribution < -0.4 is 10.6 Å². The Morgan fingerprint density at radius 1 is 1.39 bits per heavy atom. The maximum Gasteiger partial charge on any atom is 0.227 e. The van der Waals surface area contributed by atoms with Crippen LogP contribution in [0.4, 0.5) is 11.4 Å². The highest BCUT2D eigenvalue weighted by atomic mass is 32.1. The average molecular weight is 259 g/mol. The highest BCUT2D eigenvalue weighted by molar-refractivity contribution is 7.09. The predicted octanol–water partition coefficient (Wildman–Crippen LogP) is 2.20. The molecular weight excluding hydrogens is 246 g/mol. The average Bonchev–Trinajstić information content (AvgIpc) is 2.86. The molecule has 92 valence electrons. The molecule has 0 unspecified atom stereocenters. The van der Waals surface area contributed by atoms with Gasteiger partial charge >= 0.3 is 0 Å². The minimum Gasteiger partial charge on any atom is -0.399 e. The third-order valence-electron chi connectivity index (χ3n) is 3.10. The van der Waals surface area contributed by atoms with E-state index in [4.69, 9.17) is 5.73 Å². The second-order valence-electron chi connectivity index (χ2n) is 4.34. The number of thiazole rings is 1. The molecule has 0 spiro atoms. The van der Waals surface area contributed by atoms with Gasteiger partial charge in [0.2, 0.25) is 5.91 Å². The number of benzene rings is 1. The van der Waals surface area contributed by atoms with Crippen molar-refractivity contribution in [3.63, 3.8) is 0 Å². The van der Waals surface area contributed by atoms with Crippen LogP contribution in [-0.2, 0) is 17.8 Å². The normalized spacial score (nSPS) is 14.7. The molecule has 0 fully saturated rings. The molecule has 2 N–H and O–H groups in total. The summed E-state index contributed by atoms with van der Waals surface area (Å²) in [5.74, 6) is 0.167. The van der Waals surface area contributed by atoms with E-state index in [-0.39, 0.29) is 5.91 Å². The smallest absolute Gasteiger partial charge is 0.227 e. The summed E-state index contributed by atoms with van der Waals surface area (Å²) in [7, 11) is 0. The summed E-state index contributed by atoms with van der Waals surface area (Å²) >= 11 is 1.57. The molecule has 2 heterocycles. The van der Waals surface area contributed by atoms with E-state index in [1.807, 2.05) is 29.3 Å². The van der Waals surface area contributed by atoms with Crippen molar-refractivity contribution >= 4 is 28.6 Å². The quantitative estimate of drug-likeness (QED) is 0.841. The number of carbonyl (C=O) groups excluding carboxylic acids is 1. The first-order valence-electron chi connectivity index (χ1n) is 5.80. The third kappa shape index (κ3) is 1.97. The monoisotopic (exact) mass is 259 g/mol. The van der Waals surface area contributed by atoms with Gasteiger partial charge in [0.1, 0.15) is 0 Å². The van der Waals surface area contributed by atoms with Gasteiger partial charge in [0.05, 0.1) is 12.1 Å². The van der Waals surface area contributed by atoms with Gasteiger partial charge in [-0.25, -0.2) is 0 Å². The number of carbonyl (C=O) groups is 1. The summed E-state index contributed by atoms with van der Waals surface area (Å²) < 4.78 is 0. The molecule has 5 heteroatoms. The van der Waals surface area contributed by atoms with Gasteiger partial charge in [-0.15, -0.1) is 11.3 Å². The van der Waals surface area contributed by atoms with Crippen LogP contribution in [0.5, 0.6) is 0 Å². The molecule has 0 saturated carbocycles. The molecule has 1 aromatic heterocycles. The second kappa shape index (κ2) is 4.42. The molecule has 0 bridgehead atoms. The van der Waals surface area contributed by atoms with Crippen LogP contribution in [0.1, 0.15) is 16.9 Å². The van der Waals surface area contributed by atoms with E-state index in [2.05, 4.69) is 4.98 Å². The fraction of sp³-hybridized carbons (Fsp3) is 0.231. The standard InChI is InChI=1S/C13H13N3OS/c14-10-2-3-12-9(5-10)1-4-13(17)16(12)7-11-6-15-8-18-11/h2-3,5-6,8H,1,4,7,14H2. The van der Waals surface area contributed by atoms with Gasteiger partial charge in [0.15, 0.2) is 0 Å². The predicted molar refractivity (Wildman–Crippen MR) is 72.5 cm³/mol. The zero-order valence-electron chi connectivity index (χ0n) is 9.80. The Morgan fingerprint density at radius 3 is 3.06 bits per heavy atom. The minimum absolute atomic E-state index is 0.167. The number of hydrogen-bond acceptors (Lipinski definition) is 4. The van der Waals surface area contributed by atoms with Crippen molar-refractivity contribution in [2.24, 2.45) is 0 Å². The Bertz CT molecular complexity index is 580. The Labute approximate surface area is 109 Å². The van der Waals surface area contributed by atoms with Crippen LogP contribution in [0, 0.1) is 0 Å². The lowest BCUT2D eigenvalue weighted by Gasteiger charge is -2.29. The third-order valence-corrected chi connectivity index (χ3v) is 3.87. The van der Waals surface area contributed by atoms with Gasteiger partial charge in [-0.1, -0.05) is 0 Å². The van der Waals surface area contributed by atoms with Crippen LogP contribution in [0.15, 0.2) is 29.9 Å². The van der Waals surface area contributed by atoms with Crippen LogP contribution >= 0.6 is 11.3 Å². The first-order chi connectivity index (χ1) is 8.74. The fourth-order valence-corrected chi connectivity index (χ4v) is 2.81. The van der Waals surface area contributed by atoms with Gasteiger partial charge in [-0.05, 0) is 30.2 Å². The molecule has 0 atom stereocenters. The first kappa shape index (κ1) is 11.2. The maximum absolute atomic E-state index is 12.0. The summed E-state index contributed by atoms with van der Waals surface area (Å²) in [4.78, 5) is 19.0. The van der Waals surface area contributed by atoms with Gasteiger partial charge in [-0.2, -0.15) is 0 Å². The van der Waals surface area contributed by atoms with Crippen molar-refractivity contribution in [2.75, 3.05) is 10.6 Å². The summed E-state index contributed by atoms with van der Waals surface area (Å²) in [5.41, 5.74) is 10.5. The van der Waals surface area contributed by atoms with Crippen molar-refractivity contribution in [1.82, 2.24) is 4.98 Å². The van der Waals surface area contributed by atoms with Gasteiger partial charge < -0.3 is 10.6 Å². The molecule has 0 saturated heterocycles. The number of rotatable bonds is 2. The SMILES string of the molecule is Nc1ccc2c(c1)CCC(=O)N2Cc1cncs1. The number of aryl methyl sites for hydroxylation is 1. The zero-order valence-corrected chi connectivity index (χ0v) is 10.6. The summed E-state index contributed by atoms with van der Waals surface area (Å²) in [6.07, 6.45) is 3.14. The van der Waals surface area contributed by atoms with Gasteiger partial charge in [0, 0.05) is 28.9 Å². The first-order valence-corrected chi connectivity index (χ1v) is 6.68.